The molecular formula is C17H14O6. The van der Waals surface area contributed by atoms with Crippen LogP contribution >= 0.6 is 0 Å². The predicted octanol–water partition coefficient (Wildman–Crippen LogP) is 2.14. The van der Waals surface area contributed by atoms with Crippen LogP contribution in [0.2, 0.25) is 0 Å². The lowest BCUT2D eigenvalue weighted by atomic mass is 9.96. The molecule has 0 unspecified atom stereocenters. The first-order valence-electron chi connectivity index (χ1n) is 6.66. The topological polar surface area (TPSA) is 101 Å². The van der Waals surface area contributed by atoms with E-state index < -0.39 is 11.9 Å². The van der Waals surface area contributed by atoms with E-state index in [1.165, 1.54) is 25.3 Å². The van der Waals surface area contributed by atoms with Gasteiger partial charge in [-0.25, -0.2) is 9.59 Å². The number of rotatable bonds is 5. The van der Waals surface area contributed by atoms with Crippen LogP contribution in [0.15, 0.2) is 36.4 Å². The molecule has 0 radical (unpaired) electrons. The van der Waals surface area contributed by atoms with Gasteiger partial charge in [0, 0.05) is 5.56 Å². The van der Waals surface area contributed by atoms with E-state index in [4.69, 9.17) is 5.11 Å². The molecule has 0 saturated carbocycles. The lowest BCUT2D eigenvalue weighted by molar-refractivity contribution is 0.0596. The lowest BCUT2D eigenvalue weighted by Crippen LogP contribution is -2.06. The van der Waals surface area contributed by atoms with E-state index >= 15 is 0 Å². The molecule has 0 fully saturated rings. The standard InChI is InChI=1S/C17H14O6/c1-23-17(22)15-7-11(2-3-12(15)8-18)10-4-5-14(16(20)21)13(6-10)9-19/h2-7,9,18H,8H2,1H3,(H,20,21). The third-order valence-corrected chi connectivity index (χ3v) is 3.43. The van der Waals surface area contributed by atoms with Crippen molar-refractivity contribution in [2.45, 2.75) is 6.61 Å². The Bertz CT molecular complexity index is 779. The smallest absolute Gasteiger partial charge is 0.338 e. The van der Waals surface area contributed by atoms with Crippen LogP contribution in [0.25, 0.3) is 11.1 Å². The van der Waals surface area contributed by atoms with Crippen LogP contribution in [0.1, 0.15) is 36.6 Å². The van der Waals surface area contributed by atoms with Crippen molar-refractivity contribution < 1.29 is 29.3 Å². The second-order valence-electron chi connectivity index (χ2n) is 4.75. The lowest BCUT2D eigenvalue weighted by Gasteiger charge is -2.10. The fourth-order valence-corrected chi connectivity index (χ4v) is 2.23. The number of aldehydes is 1. The Balaban J connectivity index is 2.56. The van der Waals surface area contributed by atoms with E-state index in [0.717, 1.165) is 0 Å². The molecule has 0 spiro atoms. The van der Waals surface area contributed by atoms with Crippen LogP contribution in [0.5, 0.6) is 0 Å². The summed E-state index contributed by atoms with van der Waals surface area (Å²) in [5.74, 6) is -1.78. The number of carbonyl (C=O) groups is 3. The Morgan fingerprint density at radius 2 is 1.74 bits per heavy atom. The Kier molecular flexibility index (Phi) is 4.88. The van der Waals surface area contributed by atoms with Crippen molar-refractivity contribution in [2.75, 3.05) is 7.11 Å². The number of carboxylic acid groups (broad SMARTS) is 1. The number of carboxylic acids is 1. The van der Waals surface area contributed by atoms with E-state index in [9.17, 15) is 19.5 Å². The van der Waals surface area contributed by atoms with E-state index in [-0.39, 0.29) is 23.3 Å². The predicted molar refractivity (Wildman–Crippen MR) is 81.5 cm³/mol. The first kappa shape index (κ1) is 16.4. The maximum Gasteiger partial charge on any atom is 0.338 e. The monoisotopic (exact) mass is 314 g/mol. The fourth-order valence-electron chi connectivity index (χ4n) is 2.23. The molecule has 0 amide bonds. The summed E-state index contributed by atoms with van der Waals surface area (Å²) < 4.78 is 4.68. The quantitative estimate of drug-likeness (QED) is 0.648. The van der Waals surface area contributed by atoms with Crippen LogP contribution in [-0.4, -0.2) is 35.5 Å². The van der Waals surface area contributed by atoms with Gasteiger partial charge in [0.2, 0.25) is 0 Å². The molecule has 0 heterocycles. The highest BCUT2D eigenvalue weighted by Gasteiger charge is 2.15. The van der Waals surface area contributed by atoms with Crippen LogP contribution in [0.4, 0.5) is 0 Å². The second-order valence-corrected chi connectivity index (χ2v) is 4.75. The maximum absolute atomic E-state index is 11.8. The Morgan fingerprint density at radius 3 is 2.30 bits per heavy atom. The molecule has 2 N–H and O–H groups in total. The molecule has 6 heteroatoms. The van der Waals surface area contributed by atoms with Gasteiger partial charge in [0.25, 0.3) is 0 Å². The minimum absolute atomic E-state index is 0.0425. The van der Waals surface area contributed by atoms with Crippen molar-refractivity contribution in [3.8, 4) is 11.1 Å². The van der Waals surface area contributed by atoms with Gasteiger partial charge in [0.05, 0.1) is 24.8 Å². The summed E-state index contributed by atoms with van der Waals surface area (Å²) in [7, 11) is 1.24. The average Bonchev–Trinajstić information content (AvgIpc) is 2.59. The Hall–Kier alpha value is -2.99. The number of esters is 1. The van der Waals surface area contributed by atoms with Gasteiger partial charge in [-0.3, -0.25) is 4.79 Å². The summed E-state index contributed by atoms with van der Waals surface area (Å²) in [4.78, 5) is 33.9. The summed E-state index contributed by atoms with van der Waals surface area (Å²) >= 11 is 0. The van der Waals surface area contributed by atoms with Crippen molar-refractivity contribution in [1.29, 1.82) is 0 Å². The largest absolute Gasteiger partial charge is 0.478 e. The van der Waals surface area contributed by atoms with Gasteiger partial charge in [-0.2, -0.15) is 0 Å². The number of hydrogen-bond acceptors (Lipinski definition) is 5. The Morgan fingerprint density at radius 1 is 1.09 bits per heavy atom. The summed E-state index contributed by atoms with van der Waals surface area (Å²) in [5, 5.41) is 18.3. The number of ether oxygens (including phenoxy) is 1. The maximum atomic E-state index is 11.8. The van der Waals surface area contributed by atoms with Gasteiger partial charge < -0.3 is 14.9 Å². The number of aliphatic hydroxyl groups excluding tert-OH is 1. The van der Waals surface area contributed by atoms with E-state index in [1.54, 1.807) is 18.2 Å². The number of aromatic carboxylic acids is 1. The van der Waals surface area contributed by atoms with Gasteiger partial charge >= 0.3 is 11.9 Å². The third-order valence-electron chi connectivity index (χ3n) is 3.43. The average molecular weight is 314 g/mol. The number of hydrogen-bond donors (Lipinski definition) is 2. The zero-order valence-electron chi connectivity index (χ0n) is 12.3. The molecule has 2 aromatic carbocycles. The zero-order valence-corrected chi connectivity index (χ0v) is 12.3. The molecule has 0 aliphatic carbocycles. The minimum Gasteiger partial charge on any atom is -0.478 e. The van der Waals surface area contributed by atoms with Crippen molar-refractivity contribution in [3.63, 3.8) is 0 Å². The highest BCUT2D eigenvalue weighted by molar-refractivity contribution is 5.98. The molecular weight excluding hydrogens is 300 g/mol. The van der Waals surface area contributed by atoms with E-state index in [2.05, 4.69) is 4.74 Å². The van der Waals surface area contributed by atoms with Gasteiger partial charge in [-0.15, -0.1) is 0 Å². The molecule has 2 aromatic rings. The minimum atomic E-state index is -1.19. The second kappa shape index (κ2) is 6.85. The molecule has 23 heavy (non-hydrogen) atoms. The zero-order chi connectivity index (χ0) is 17.0. The molecule has 2 rings (SSSR count). The first-order chi connectivity index (χ1) is 11.0. The summed E-state index contributed by atoms with van der Waals surface area (Å²) in [6, 6.07) is 9.09. The number of methoxy groups -OCH3 is 1. The Labute approximate surface area is 131 Å². The van der Waals surface area contributed by atoms with Gasteiger partial charge in [0.15, 0.2) is 6.29 Å². The fraction of sp³-hybridized carbons (Fsp3) is 0.118. The van der Waals surface area contributed by atoms with Crippen LogP contribution in [0, 0.1) is 0 Å². The normalized spacial score (nSPS) is 10.2. The van der Waals surface area contributed by atoms with Gasteiger partial charge in [-0.1, -0.05) is 18.2 Å². The van der Waals surface area contributed by atoms with Crippen LogP contribution in [0.3, 0.4) is 0 Å². The van der Waals surface area contributed by atoms with Gasteiger partial charge in [-0.05, 0) is 34.9 Å². The molecule has 0 atom stereocenters. The summed E-state index contributed by atoms with van der Waals surface area (Å²) in [5.41, 5.74) is 1.75. The van der Waals surface area contributed by atoms with Crippen molar-refractivity contribution in [2.24, 2.45) is 0 Å². The molecule has 0 saturated heterocycles. The molecule has 0 aliphatic heterocycles. The highest BCUT2D eigenvalue weighted by atomic mass is 16.5. The van der Waals surface area contributed by atoms with Crippen LogP contribution in [-0.2, 0) is 11.3 Å². The SMILES string of the molecule is COC(=O)c1cc(-c2ccc(C(=O)O)c(C=O)c2)ccc1CO. The number of aliphatic hydroxyl groups is 1. The van der Waals surface area contributed by atoms with Crippen molar-refractivity contribution >= 4 is 18.2 Å². The molecule has 6 nitrogen and oxygen atoms in total. The first-order valence-corrected chi connectivity index (χ1v) is 6.66. The van der Waals surface area contributed by atoms with Crippen LogP contribution < -0.4 is 0 Å². The number of carbonyl (C=O) groups excluding carboxylic acids is 2. The van der Waals surface area contributed by atoms with E-state index in [0.29, 0.717) is 23.0 Å². The molecule has 0 aromatic heterocycles. The number of benzene rings is 2. The van der Waals surface area contributed by atoms with Crippen molar-refractivity contribution in [1.82, 2.24) is 0 Å². The summed E-state index contributed by atoms with van der Waals surface area (Å²) in [6.45, 7) is -0.317. The highest BCUT2D eigenvalue weighted by Crippen LogP contribution is 2.25. The van der Waals surface area contributed by atoms with Crippen molar-refractivity contribution in [3.05, 3.63) is 58.7 Å². The van der Waals surface area contributed by atoms with Gasteiger partial charge in [0.1, 0.15) is 0 Å². The third kappa shape index (κ3) is 3.27. The molecule has 0 bridgehead atoms. The summed E-state index contributed by atoms with van der Waals surface area (Å²) in [6.07, 6.45) is 0.469. The molecule has 118 valence electrons. The van der Waals surface area contributed by atoms with E-state index in [1.807, 2.05) is 0 Å². The molecule has 0 aliphatic rings.